The Morgan fingerprint density at radius 1 is 1.07 bits per heavy atom. The number of hydrogen-bond donors (Lipinski definition) is 1. The summed E-state index contributed by atoms with van der Waals surface area (Å²) in [6.45, 7) is 0. The molecule has 1 aliphatic heterocycles. The molecule has 1 heterocycles. The van der Waals surface area contributed by atoms with Crippen LogP contribution < -0.4 is 14.8 Å². The Kier molecular flexibility index (Phi) is 4.75. The van der Waals surface area contributed by atoms with Crippen molar-refractivity contribution in [1.82, 2.24) is 4.90 Å². The SMILES string of the molecule is COc1ccc(C2Nc3ccc(C(=O)N(C)C)cc3C3C=CCC32)cc1OC. The standard InChI is InChI=1S/C23H26N2O3/c1-25(2)23(26)15-8-10-19-18(12-15)16-6-5-7-17(16)22(24-19)14-9-11-20(27-3)21(13-14)28-4/h5-6,8-13,16-17,22,24H,7H2,1-4H3. The van der Waals surface area contributed by atoms with Gasteiger partial charge in [-0.1, -0.05) is 18.2 Å². The van der Waals surface area contributed by atoms with E-state index in [-0.39, 0.29) is 11.9 Å². The lowest BCUT2D eigenvalue weighted by molar-refractivity contribution is 0.0827. The number of ether oxygens (including phenoxy) is 2. The lowest BCUT2D eigenvalue weighted by Gasteiger charge is -2.38. The predicted octanol–water partition coefficient (Wildman–Crippen LogP) is 4.23. The first kappa shape index (κ1) is 18.4. The molecule has 0 saturated heterocycles. The summed E-state index contributed by atoms with van der Waals surface area (Å²) in [5.41, 5.74) is 4.19. The Morgan fingerprint density at radius 3 is 2.57 bits per heavy atom. The number of nitrogens with zero attached hydrogens (tertiary/aromatic N) is 1. The molecule has 2 aliphatic rings. The van der Waals surface area contributed by atoms with E-state index in [1.54, 1.807) is 33.2 Å². The highest BCUT2D eigenvalue weighted by Crippen LogP contribution is 2.50. The van der Waals surface area contributed by atoms with Crippen LogP contribution in [0.3, 0.4) is 0 Å². The summed E-state index contributed by atoms with van der Waals surface area (Å²) in [5.74, 6) is 2.19. The van der Waals surface area contributed by atoms with E-state index in [0.29, 0.717) is 11.8 Å². The van der Waals surface area contributed by atoms with Crippen molar-refractivity contribution < 1.29 is 14.3 Å². The maximum Gasteiger partial charge on any atom is 0.253 e. The molecule has 3 unspecified atom stereocenters. The van der Waals surface area contributed by atoms with Gasteiger partial charge in [0.1, 0.15) is 0 Å². The second-order valence-corrected chi connectivity index (χ2v) is 7.59. The molecule has 0 spiro atoms. The van der Waals surface area contributed by atoms with Crippen molar-refractivity contribution in [2.45, 2.75) is 18.4 Å². The van der Waals surface area contributed by atoms with Gasteiger partial charge < -0.3 is 19.7 Å². The Hall–Kier alpha value is -2.95. The Morgan fingerprint density at radius 2 is 1.86 bits per heavy atom. The minimum absolute atomic E-state index is 0.0309. The molecular weight excluding hydrogens is 352 g/mol. The quantitative estimate of drug-likeness (QED) is 0.809. The van der Waals surface area contributed by atoms with E-state index < -0.39 is 0 Å². The Bertz CT molecular complexity index is 935. The number of nitrogens with one attached hydrogen (secondary N) is 1. The highest BCUT2D eigenvalue weighted by atomic mass is 16.5. The van der Waals surface area contributed by atoms with Gasteiger partial charge in [-0.3, -0.25) is 4.79 Å². The Balaban J connectivity index is 1.72. The monoisotopic (exact) mass is 378 g/mol. The minimum Gasteiger partial charge on any atom is -0.493 e. The van der Waals surface area contributed by atoms with E-state index in [2.05, 4.69) is 29.6 Å². The molecular formula is C23H26N2O3. The number of allylic oxidation sites excluding steroid dienone is 2. The van der Waals surface area contributed by atoms with Gasteiger partial charge in [0.05, 0.1) is 20.3 Å². The molecule has 3 atom stereocenters. The number of anilines is 1. The fourth-order valence-electron chi connectivity index (χ4n) is 4.36. The van der Waals surface area contributed by atoms with E-state index in [0.717, 1.165) is 29.2 Å². The van der Waals surface area contributed by atoms with Crippen LogP contribution in [0.5, 0.6) is 11.5 Å². The van der Waals surface area contributed by atoms with Gasteiger partial charge in [0.25, 0.3) is 5.91 Å². The Labute approximate surface area is 165 Å². The molecule has 28 heavy (non-hydrogen) atoms. The number of carbonyl (C=O) groups excluding carboxylic acids is 1. The van der Waals surface area contributed by atoms with Crippen molar-refractivity contribution in [1.29, 1.82) is 0 Å². The molecule has 0 fully saturated rings. The fourth-order valence-corrected chi connectivity index (χ4v) is 4.36. The fraction of sp³-hybridized carbons (Fsp3) is 0.348. The van der Waals surface area contributed by atoms with Gasteiger partial charge in [-0.25, -0.2) is 0 Å². The number of amides is 1. The number of methoxy groups -OCH3 is 2. The van der Waals surface area contributed by atoms with Crippen LogP contribution >= 0.6 is 0 Å². The number of fused-ring (bicyclic) bond motifs is 3. The number of benzene rings is 2. The third-order valence-electron chi connectivity index (χ3n) is 5.78. The van der Waals surface area contributed by atoms with Crippen molar-refractivity contribution in [3.8, 4) is 11.5 Å². The maximum atomic E-state index is 12.4. The van der Waals surface area contributed by atoms with Crippen LogP contribution in [0.15, 0.2) is 48.6 Å². The van der Waals surface area contributed by atoms with Gasteiger partial charge in [0, 0.05) is 31.3 Å². The zero-order valence-corrected chi connectivity index (χ0v) is 16.7. The van der Waals surface area contributed by atoms with Crippen molar-refractivity contribution in [2.75, 3.05) is 33.6 Å². The maximum absolute atomic E-state index is 12.4. The zero-order chi connectivity index (χ0) is 19.8. The molecule has 0 aromatic heterocycles. The highest BCUT2D eigenvalue weighted by molar-refractivity contribution is 5.94. The van der Waals surface area contributed by atoms with Crippen molar-refractivity contribution in [2.24, 2.45) is 5.92 Å². The van der Waals surface area contributed by atoms with Gasteiger partial charge in [0.2, 0.25) is 0 Å². The molecule has 2 aromatic rings. The molecule has 146 valence electrons. The molecule has 0 bridgehead atoms. The van der Waals surface area contributed by atoms with E-state index in [9.17, 15) is 4.79 Å². The van der Waals surface area contributed by atoms with Crippen LogP contribution in [0, 0.1) is 5.92 Å². The smallest absolute Gasteiger partial charge is 0.253 e. The molecule has 0 radical (unpaired) electrons. The molecule has 0 saturated carbocycles. The average Bonchev–Trinajstić information content (AvgIpc) is 3.21. The predicted molar refractivity (Wildman–Crippen MR) is 110 cm³/mol. The van der Waals surface area contributed by atoms with Crippen molar-refractivity contribution in [3.63, 3.8) is 0 Å². The summed E-state index contributed by atoms with van der Waals surface area (Å²) in [6, 6.07) is 12.3. The molecule has 2 aromatic carbocycles. The number of carbonyl (C=O) groups is 1. The van der Waals surface area contributed by atoms with Crippen molar-refractivity contribution in [3.05, 3.63) is 65.2 Å². The third-order valence-corrected chi connectivity index (χ3v) is 5.78. The summed E-state index contributed by atoms with van der Waals surface area (Å²) in [6.07, 6.45) is 5.53. The van der Waals surface area contributed by atoms with Gasteiger partial charge >= 0.3 is 0 Å². The van der Waals surface area contributed by atoms with Crippen LogP contribution in [0.1, 0.15) is 39.9 Å². The molecule has 1 aliphatic carbocycles. The van der Waals surface area contributed by atoms with Crippen LogP contribution in [0.4, 0.5) is 5.69 Å². The van der Waals surface area contributed by atoms with E-state index >= 15 is 0 Å². The highest BCUT2D eigenvalue weighted by Gasteiger charge is 2.38. The van der Waals surface area contributed by atoms with Gasteiger partial charge in [-0.2, -0.15) is 0 Å². The minimum atomic E-state index is 0.0309. The third kappa shape index (κ3) is 3.01. The molecule has 5 nitrogen and oxygen atoms in total. The van der Waals surface area contributed by atoms with Crippen molar-refractivity contribution >= 4 is 11.6 Å². The summed E-state index contributed by atoms with van der Waals surface area (Å²) in [7, 11) is 6.88. The van der Waals surface area contributed by atoms with E-state index in [1.807, 2.05) is 24.3 Å². The largest absolute Gasteiger partial charge is 0.493 e. The zero-order valence-electron chi connectivity index (χ0n) is 16.7. The van der Waals surface area contributed by atoms with Gasteiger partial charge in [-0.05, 0) is 53.8 Å². The lowest BCUT2D eigenvalue weighted by Crippen LogP contribution is -2.30. The second kappa shape index (κ2) is 7.23. The van der Waals surface area contributed by atoms with Crippen LogP contribution in [-0.4, -0.2) is 39.1 Å². The first-order chi connectivity index (χ1) is 13.5. The van der Waals surface area contributed by atoms with Gasteiger partial charge in [0.15, 0.2) is 11.5 Å². The average molecular weight is 378 g/mol. The van der Waals surface area contributed by atoms with E-state index in [4.69, 9.17) is 9.47 Å². The lowest BCUT2D eigenvalue weighted by atomic mass is 9.76. The van der Waals surface area contributed by atoms with Crippen LogP contribution in [0.25, 0.3) is 0 Å². The van der Waals surface area contributed by atoms with E-state index in [1.165, 1.54) is 11.1 Å². The second-order valence-electron chi connectivity index (χ2n) is 7.59. The summed E-state index contributed by atoms with van der Waals surface area (Å²) < 4.78 is 10.9. The summed E-state index contributed by atoms with van der Waals surface area (Å²) in [4.78, 5) is 14.0. The number of hydrogen-bond acceptors (Lipinski definition) is 4. The number of rotatable bonds is 4. The van der Waals surface area contributed by atoms with Gasteiger partial charge in [-0.15, -0.1) is 0 Å². The molecule has 4 rings (SSSR count). The van der Waals surface area contributed by atoms with Crippen LogP contribution in [-0.2, 0) is 0 Å². The van der Waals surface area contributed by atoms with Crippen LogP contribution in [0.2, 0.25) is 0 Å². The molecule has 5 heteroatoms. The molecule has 1 amide bonds. The normalized spacial score (nSPS) is 22.1. The first-order valence-electron chi connectivity index (χ1n) is 9.54. The first-order valence-corrected chi connectivity index (χ1v) is 9.54. The summed E-state index contributed by atoms with van der Waals surface area (Å²) >= 11 is 0. The molecule has 1 N–H and O–H groups in total. The summed E-state index contributed by atoms with van der Waals surface area (Å²) in [5, 5.41) is 3.71. The topological polar surface area (TPSA) is 50.8 Å².